The van der Waals surface area contributed by atoms with Gasteiger partial charge in [-0.25, -0.2) is 4.79 Å². The first kappa shape index (κ1) is 17.8. The smallest absolute Gasteiger partial charge is 0.336 e. The highest BCUT2D eigenvalue weighted by atomic mass is 16.5. The van der Waals surface area contributed by atoms with Crippen LogP contribution in [0.25, 0.3) is 0 Å². The lowest BCUT2D eigenvalue weighted by molar-refractivity contribution is -0.132. The number of benzene rings is 2. The average molecular weight is 345 g/mol. The van der Waals surface area contributed by atoms with E-state index >= 15 is 0 Å². The first-order chi connectivity index (χ1) is 11.8. The number of nitrogens with one attached hydrogen (secondary N) is 1. The molecule has 0 heterocycles. The number of ether oxygens (including phenoxy) is 1. The lowest BCUT2D eigenvalue weighted by atomic mass is 10.1. The summed E-state index contributed by atoms with van der Waals surface area (Å²) in [6.45, 7) is 1.03. The number of rotatable bonds is 5. The number of amides is 1. The zero-order valence-corrected chi connectivity index (χ0v) is 13.1. The van der Waals surface area contributed by atoms with Crippen molar-refractivity contribution in [3.63, 3.8) is 0 Å². The van der Waals surface area contributed by atoms with Crippen LogP contribution in [0.3, 0.4) is 0 Å². The quantitative estimate of drug-likeness (QED) is 0.368. The lowest BCUT2D eigenvalue weighted by Gasteiger charge is -2.11. The number of hydrogen-bond acceptors (Lipinski definition) is 6. The number of carbonyl (C=O) groups excluding carboxylic acids is 2. The van der Waals surface area contributed by atoms with Gasteiger partial charge in [0.2, 0.25) is 0 Å². The van der Waals surface area contributed by atoms with E-state index in [9.17, 15) is 24.6 Å². The molecule has 0 spiro atoms. The van der Waals surface area contributed by atoms with Crippen LogP contribution in [-0.2, 0) is 11.3 Å². The molecule has 0 atom stereocenters. The molecule has 4 N–H and O–H groups in total. The number of carbonyl (C=O) groups is 3. The van der Waals surface area contributed by atoms with Crippen LogP contribution in [0, 0.1) is 0 Å². The summed E-state index contributed by atoms with van der Waals surface area (Å²) in [6, 6.07) is 8.03. The van der Waals surface area contributed by atoms with E-state index in [0.29, 0.717) is 5.56 Å². The fourth-order valence-corrected chi connectivity index (χ4v) is 2.13. The van der Waals surface area contributed by atoms with Gasteiger partial charge < -0.3 is 25.4 Å². The summed E-state index contributed by atoms with van der Waals surface area (Å²) in [5.74, 6) is -3.84. The van der Waals surface area contributed by atoms with Crippen LogP contribution < -0.4 is 10.1 Å². The third-order valence-electron chi connectivity index (χ3n) is 3.26. The SMILES string of the molecule is CC(=O)Oc1cc(O)c(C(=O)NCc2ccccc2C(=O)O)cc1O. The summed E-state index contributed by atoms with van der Waals surface area (Å²) >= 11 is 0. The predicted molar refractivity (Wildman–Crippen MR) is 85.7 cm³/mol. The minimum atomic E-state index is -1.13. The van der Waals surface area contributed by atoms with Gasteiger partial charge in [0.15, 0.2) is 11.5 Å². The van der Waals surface area contributed by atoms with Gasteiger partial charge in [-0.3, -0.25) is 9.59 Å². The Hall–Kier alpha value is -3.55. The van der Waals surface area contributed by atoms with Gasteiger partial charge in [-0.05, 0) is 11.6 Å². The number of phenolic OH excluding ortho intramolecular Hbond substituents is 2. The Kier molecular flexibility index (Phi) is 5.23. The summed E-state index contributed by atoms with van der Waals surface area (Å²) in [5.41, 5.74) is 0.171. The third-order valence-corrected chi connectivity index (χ3v) is 3.26. The normalized spacial score (nSPS) is 10.1. The third kappa shape index (κ3) is 4.25. The van der Waals surface area contributed by atoms with Crippen LogP contribution in [0.4, 0.5) is 0 Å². The number of aromatic hydroxyl groups is 2. The van der Waals surface area contributed by atoms with Crippen molar-refractivity contribution in [1.29, 1.82) is 0 Å². The molecule has 130 valence electrons. The molecule has 0 fully saturated rings. The molecular weight excluding hydrogens is 330 g/mol. The van der Waals surface area contributed by atoms with Gasteiger partial charge in [-0.15, -0.1) is 0 Å². The Labute approximate surface area is 142 Å². The van der Waals surface area contributed by atoms with Crippen LogP contribution in [0.15, 0.2) is 36.4 Å². The van der Waals surface area contributed by atoms with E-state index in [4.69, 9.17) is 5.11 Å². The molecule has 0 aliphatic carbocycles. The van der Waals surface area contributed by atoms with Crippen molar-refractivity contribution >= 4 is 17.8 Å². The van der Waals surface area contributed by atoms with E-state index in [1.54, 1.807) is 18.2 Å². The van der Waals surface area contributed by atoms with Crippen molar-refractivity contribution in [2.75, 3.05) is 0 Å². The Bertz CT molecular complexity index is 845. The van der Waals surface area contributed by atoms with Crippen LogP contribution in [0.1, 0.15) is 33.2 Å². The van der Waals surface area contributed by atoms with E-state index in [0.717, 1.165) is 19.1 Å². The zero-order chi connectivity index (χ0) is 18.6. The average Bonchev–Trinajstić information content (AvgIpc) is 2.55. The minimum absolute atomic E-state index is 0.0417. The zero-order valence-electron chi connectivity index (χ0n) is 13.1. The molecular formula is C17H15NO7. The Balaban J connectivity index is 2.18. The van der Waals surface area contributed by atoms with Crippen molar-refractivity contribution in [1.82, 2.24) is 5.32 Å². The second-order valence-electron chi connectivity index (χ2n) is 5.08. The molecule has 0 aliphatic heterocycles. The monoisotopic (exact) mass is 345 g/mol. The molecule has 25 heavy (non-hydrogen) atoms. The molecule has 0 unspecified atom stereocenters. The second-order valence-corrected chi connectivity index (χ2v) is 5.08. The lowest BCUT2D eigenvalue weighted by Crippen LogP contribution is -2.24. The second kappa shape index (κ2) is 7.35. The van der Waals surface area contributed by atoms with Crippen LogP contribution in [0.5, 0.6) is 17.2 Å². The van der Waals surface area contributed by atoms with Crippen molar-refractivity contribution in [3.8, 4) is 17.2 Å². The molecule has 8 heteroatoms. The van der Waals surface area contributed by atoms with Gasteiger partial charge >= 0.3 is 11.9 Å². The summed E-state index contributed by atoms with van der Waals surface area (Å²) in [5, 5.41) is 31.2. The maximum Gasteiger partial charge on any atom is 0.336 e. The van der Waals surface area contributed by atoms with Gasteiger partial charge in [0.05, 0.1) is 11.1 Å². The fourth-order valence-electron chi connectivity index (χ4n) is 2.13. The maximum absolute atomic E-state index is 12.2. The molecule has 0 saturated heterocycles. The molecule has 0 saturated carbocycles. The van der Waals surface area contributed by atoms with E-state index in [2.05, 4.69) is 10.1 Å². The minimum Gasteiger partial charge on any atom is -0.507 e. The Morgan fingerprint density at radius 2 is 1.72 bits per heavy atom. The standard InChI is InChI=1S/C17H15NO7/c1-9(19)25-15-7-13(20)12(6-14(15)21)16(22)18-8-10-4-2-3-5-11(10)17(23)24/h2-7,20-21H,8H2,1H3,(H,18,22)(H,23,24). The fraction of sp³-hybridized carbons (Fsp3) is 0.118. The van der Waals surface area contributed by atoms with Gasteiger partial charge in [0, 0.05) is 25.6 Å². The number of carboxylic acid groups (broad SMARTS) is 1. The van der Waals surface area contributed by atoms with E-state index in [-0.39, 0.29) is 23.4 Å². The highest BCUT2D eigenvalue weighted by Gasteiger charge is 2.18. The van der Waals surface area contributed by atoms with Crippen LogP contribution in [-0.4, -0.2) is 33.2 Å². The molecule has 0 bridgehead atoms. The molecule has 0 aliphatic rings. The maximum atomic E-state index is 12.2. The van der Waals surface area contributed by atoms with Gasteiger partial charge in [-0.2, -0.15) is 0 Å². The highest BCUT2D eigenvalue weighted by Crippen LogP contribution is 2.33. The van der Waals surface area contributed by atoms with Crippen LogP contribution in [0.2, 0.25) is 0 Å². The van der Waals surface area contributed by atoms with E-state index in [1.165, 1.54) is 6.07 Å². The van der Waals surface area contributed by atoms with Crippen molar-refractivity contribution < 1.29 is 34.4 Å². The van der Waals surface area contributed by atoms with E-state index < -0.39 is 29.3 Å². The van der Waals surface area contributed by atoms with Gasteiger partial charge in [0.25, 0.3) is 5.91 Å². The summed E-state index contributed by atoms with van der Waals surface area (Å²) in [6.07, 6.45) is 0. The van der Waals surface area contributed by atoms with Gasteiger partial charge in [0.1, 0.15) is 5.75 Å². The summed E-state index contributed by atoms with van der Waals surface area (Å²) in [7, 11) is 0. The largest absolute Gasteiger partial charge is 0.507 e. The van der Waals surface area contributed by atoms with Crippen molar-refractivity contribution in [2.45, 2.75) is 13.5 Å². The molecule has 2 aromatic rings. The number of hydrogen-bond donors (Lipinski definition) is 4. The van der Waals surface area contributed by atoms with Gasteiger partial charge in [-0.1, -0.05) is 18.2 Å². The van der Waals surface area contributed by atoms with Crippen molar-refractivity contribution in [2.24, 2.45) is 0 Å². The number of esters is 1. The molecule has 2 rings (SSSR count). The Morgan fingerprint density at radius 1 is 1.04 bits per heavy atom. The molecule has 1 amide bonds. The number of phenols is 2. The highest BCUT2D eigenvalue weighted by molar-refractivity contribution is 5.98. The first-order valence-electron chi connectivity index (χ1n) is 7.13. The topological polar surface area (TPSA) is 133 Å². The molecule has 2 aromatic carbocycles. The summed E-state index contributed by atoms with van der Waals surface area (Å²) < 4.78 is 4.69. The first-order valence-corrected chi connectivity index (χ1v) is 7.13. The van der Waals surface area contributed by atoms with E-state index in [1.807, 2.05) is 0 Å². The predicted octanol–water partition coefficient (Wildman–Crippen LogP) is 1.65. The number of aromatic carboxylic acids is 1. The van der Waals surface area contributed by atoms with Crippen LogP contribution >= 0.6 is 0 Å². The number of carboxylic acids is 1. The molecule has 0 radical (unpaired) electrons. The molecule has 8 nitrogen and oxygen atoms in total. The Morgan fingerprint density at radius 3 is 2.36 bits per heavy atom. The summed E-state index contributed by atoms with van der Waals surface area (Å²) in [4.78, 5) is 34.2. The van der Waals surface area contributed by atoms with Crippen molar-refractivity contribution in [3.05, 3.63) is 53.1 Å². The molecule has 0 aromatic heterocycles.